The van der Waals surface area contributed by atoms with E-state index in [1.165, 1.54) is 0 Å². The Morgan fingerprint density at radius 3 is 1.84 bits per heavy atom. The summed E-state index contributed by atoms with van der Waals surface area (Å²) in [4.78, 5) is 42.9. The molecule has 2 aliphatic heterocycles. The molecule has 0 amide bonds. The van der Waals surface area contributed by atoms with Gasteiger partial charge in [0.25, 0.3) is 0 Å². The van der Waals surface area contributed by atoms with Gasteiger partial charge in [-0.25, -0.2) is 22.6 Å². The zero-order valence-corrected chi connectivity index (χ0v) is 27.1. The van der Waals surface area contributed by atoms with Crippen molar-refractivity contribution in [3.05, 3.63) is 83.1 Å². The van der Waals surface area contributed by atoms with Crippen LogP contribution in [0.5, 0.6) is 0 Å². The van der Waals surface area contributed by atoms with Gasteiger partial charge < -0.3 is 34.0 Å². The van der Waals surface area contributed by atoms with Crippen LogP contribution in [0.15, 0.2) is 24.3 Å². The Morgan fingerprint density at radius 1 is 0.773 bits per heavy atom. The summed E-state index contributed by atoms with van der Waals surface area (Å²) in [5.41, 5.74) is 12.8. The van der Waals surface area contributed by atoms with E-state index in [-0.39, 0.29) is 35.2 Å². The average Bonchev–Trinajstić information content (AvgIpc) is 3.59. The van der Waals surface area contributed by atoms with Gasteiger partial charge in [-0.1, -0.05) is 51.8 Å². The molecule has 3 aromatic heterocycles. The van der Waals surface area contributed by atoms with E-state index in [0.717, 1.165) is 67.0 Å². The molecule has 230 valence electrons. The normalized spacial score (nSPS) is 13.7. The predicted octanol–water partition coefficient (Wildman–Crippen LogP) is 6.44. The van der Waals surface area contributed by atoms with Crippen LogP contribution in [-0.2, 0) is 39.5 Å². The van der Waals surface area contributed by atoms with Crippen molar-refractivity contribution >= 4 is 68.9 Å². The van der Waals surface area contributed by atoms with Crippen LogP contribution < -0.4 is 9.97 Å². The summed E-state index contributed by atoms with van der Waals surface area (Å²) in [6, 6.07) is 7.66. The Bertz CT molecular complexity index is 1900. The van der Waals surface area contributed by atoms with Crippen LogP contribution in [0.3, 0.4) is 0 Å². The van der Waals surface area contributed by atoms with Crippen LogP contribution in [-0.4, -0.2) is 37.4 Å². The third kappa shape index (κ3) is 6.29. The van der Waals surface area contributed by atoms with Crippen LogP contribution in [0, 0.1) is 27.7 Å². The predicted molar refractivity (Wildman–Crippen MR) is 173 cm³/mol. The van der Waals surface area contributed by atoms with Gasteiger partial charge in [-0.15, -0.1) is 22.1 Å². The van der Waals surface area contributed by atoms with E-state index in [1.54, 1.807) is 0 Å². The molecule has 2 N–H and O–H groups in total. The minimum Gasteiger partial charge on any atom is -0.657 e. The smallest absolute Gasteiger partial charge is 0.657 e. The van der Waals surface area contributed by atoms with E-state index in [9.17, 15) is 19.8 Å². The number of aromatic nitrogens is 4. The number of aryl methyl sites for hydroxylation is 3. The van der Waals surface area contributed by atoms with E-state index in [2.05, 4.69) is 26.5 Å². The Morgan fingerprint density at radius 2 is 1.25 bits per heavy atom. The molecule has 5 heterocycles. The fourth-order valence-electron chi connectivity index (χ4n) is 5.87. The molecule has 10 heteroatoms. The number of nitrogens with zero attached hydrogens (tertiary/aromatic N) is 4. The second kappa shape index (κ2) is 13.2. The summed E-state index contributed by atoms with van der Waals surface area (Å²) >= 11 is 4.67. The SMILES string of the molecule is [CH2-]Cc1c(C)c2cc3nc(cc4[n-]c(cc5nc(cc1[n-]2)C(C)=C5CCC(=O)O)c(CCC(=O)O)c4C)C(C)=C3[C@H]([CH2-])S.[Fe+2]. The number of allylic oxidation sites excluding steroid dienone is 3. The van der Waals surface area contributed by atoms with E-state index in [4.69, 9.17) is 19.9 Å². The largest absolute Gasteiger partial charge is 2.00 e. The number of hydrogen-bond donors (Lipinski definition) is 3. The van der Waals surface area contributed by atoms with Crippen molar-refractivity contribution in [1.29, 1.82) is 0 Å². The first-order valence-corrected chi connectivity index (χ1v) is 14.7. The fraction of sp³-hybridized carbons (Fsp3) is 0.294. The van der Waals surface area contributed by atoms with Gasteiger partial charge in [-0.05, 0) is 62.8 Å². The molecule has 1 atom stereocenters. The van der Waals surface area contributed by atoms with Crippen molar-refractivity contribution in [3.63, 3.8) is 0 Å². The first-order valence-electron chi connectivity index (χ1n) is 14.2. The zero-order valence-electron chi connectivity index (χ0n) is 25.1. The number of aliphatic carboxylic acids is 2. The van der Waals surface area contributed by atoms with Gasteiger partial charge in [0, 0.05) is 12.8 Å². The monoisotopic (exact) mass is 650 g/mol. The molecule has 0 saturated carbocycles. The maximum Gasteiger partial charge on any atom is 2.00 e. The molecular formula is C34H34FeN4O4S-2. The third-order valence-electron chi connectivity index (χ3n) is 8.32. The Kier molecular flexibility index (Phi) is 9.98. The summed E-state index contributed by atoms with van der Waals surface area (Å²) < 4.78 is 0. The van der Waals surface area contributed by atoms with Crippen LogP contribution in [0.2, 0.25) is 0 Å². The molecule has 0 fully saturated rings. The topological polar surface area (TPSA) is 129 Å². The van der Waals surface area contributed by atoms with Crippen molar-refractivity contribution in [2.75, 3.05) is 0 Å². The molecule has 0 unspecified atom stereocenters. The number of carbonyl (C=O) groups is 2. The number of fused-ring (bicyclic) bond motifs is 8. The number of carboxylic acid groups (broad SMARTS) is 2. The first-order chi connectivity index (χ1) is 20.4. The van der Waals surface area contributed by atoms with Gasteiger partial charge in [0.05, 0.1) is 22.8 Å². The summed E-state index contributed by atoms with van der Waals surface area (Å²) in [5, 5.41) is 18.6. The fourth-order valence-corrected chi connectivity index (χ4v) is 6.19. The molecule has 8 bridgehead atoms. The molecule has 3 aromatic rings. The molecule has 2 aliphatic rings. The summed E-state index contributed by atoms with van der Waals surface area (Å²) in [7, 11) is 0. The van der Waals surface area contributed by atoms with Gasteiger partial charge in [-0.2, -0.15) is 6.42 Å². The first kappa shape index (κ1) is 33.3. The number of rotatable bonds is 8. The van der Waals surface area contributed by atoms with Crippen molar-refractivity contribution in [2.45, 2.75) is 65.0 Å². The Balaban J connectivity index is 0.00000442. The van der Waals surface area contributed by atoms with Crippen molar-refractivity contribution < 1.29 is 36.9 Å². The third-order valence-corrected chi connectivity index (χ3v) is 8.58. The Labute approximate surface area is 273 Å². The summed E-state index contributed by atoms with van der Waals surface area (Å²) in [6.07, 6.45) is 1.01. The molecular weight excluding hydrogens is 616 g/mol. The average molecular weight is 651 g/mol. The molecule has 44 heavy (non-hydrogen) atoms. The van der Waals surface area contributed by atoms with Gasteiger partial charge >= 0.3 is 29.0 Å². The number of hydrogen-bond acceptors (Lipinski definition) is 5. The molecule has 5 rings (SSSR count). The van der Waals surface area contributed by atoms with Gasteiger partial charge in [-0.3, -0.25) is 9.59 Å². The van der Waals surface area contributed by atoms with Crippen LogP contribution in [0.25, 0.3) is 44.4 Å². The summed E-state index contributed by atoms with van der Waals surface area (Å²) in [5.74, 6) is -1.80. The second-order valence-electron chi connectivity index (χ2n) is 11.0. The van der Waals surface area contributed by atoms with Crippen molar-refractivity contribution in [3.8, 4) is 0 Å². The molecule has 0 spiro atoms. The number of carboxylic acids is 2. The molecule has 0 radical (unpaired) electrons. The molecule has 8 nitrogen and oxygen atoms in total. The quantitative estimate of drug-likeness (QED) is 0.144. The molecule has 0 aromatic carbocycles. The maximum absolute atomic E-state index is 11.5. The van der Waals surface area contributed by atoms with Crippen molar-refractivity contribution in [2.24, 2.45) is 0 Å². The van der Waals surface area contributed by atoms with Crippen LogP contribution in [0.1, 0.15) is 78.1 Å². The maximum atomic E-state index is 11.5. The molecule has 0 aliphatic carbocycles. The second-order valence-corrected chi connectivity index (χ2v) is 11.6. The van der Waals surface area contributed by atoms with Gasteiger partial charge in [0.1, 0.15) is 0 Å². The van der Waals surface area contributed by atoms with Crippen LogP contribution in [0.4, 0.5) is 0 Å². The minimum atomic E-state index is -0.900. The molecule has 0 saturated heterocycles. The van der Waals surface area contributed by atoms with E-state index < -0.39 is 11.9 Å². The van der Waals surface area contributed by atoms with E-state index in [1.807, 2.05) is 52.0 Å². The Hall–Kier alpha value is -3.59. The van der Waals surface area contributed by atoms with E-state index >= 15 is 0 Å². The zero-order chi connectivity index (χ0) is 31.2. The van der Waals surface area contributed by atoms with Gasteiger partial charge in [0.2, 0.25) is 0 Å². The minimum absolute atomic E-state index is 0. The number of thiol groups is 1. The summed E-state index contributed by atoms with van der Waals surface area (Å²) in [6.45, 7) is 16.2. The van der Waals surface area contributed by atoms with Crippen molar-refractivity contribution in [1.82, 2.24) is 19.9 Å². The van der Waals surface area contributed by atoms with Gasteiger partial charge in [0.15, 0.2) is 0 Å². The van der Waals surface area contributed by atoms with Crippen LogP contribution >= 0.6 is 12.6 Å². The standard InChI is InChI=1S/C34H36N4O4S.Fe/c1-7-21-16(2)26-14-31-34(20(6)43)19(5)27(38-31)12-24-17(3)22(8-10-32(39)40)29(36-24)15-30-23(9-11-33(41)42)18(4)25(37-30)13-28(21)35-26;/h12-15,20H,1,6-11H2,2-5H3,(H5,35,36,37,38,39,40,41,42,43);/q-2;+2/p-2/t20-;/m0./s1. The van der Waals surface area contributed by atoms with E-state index in [0.29, 0.717) is 41.7 Å².